The van der Waals surface area contributed by atoms with Gasteiger partial charge in [0.15, 0.2) is 11.3 Å². The van der Waals surface area contributed by atoms with E-state index < -0.39 is 23.5 Å². The van der Waals surface area contributed by atoms with Gasteiger partial charge < -0.3 is 29.3 Å². The number of benzene rings is 2. The van der Waals surface area contributed by atoms with E-state index in [1.165, 1.54) is 14.2 Å². The highest BCUT2D eigenvalue weighted by molar-refractivity contribution is 5.91. The van der Waals surface area contributed by atoms with Gasteiger partial charge in [0.2, 0.25) is 11.7 Å². The van der Waals surface area contributed by atoms with Crippen LogP contribution in [0.2, 0.25) is 0 Å². The Balaban J connectivity index is 1.59. The van der Waals surface area contributed by atoms with Gasteiger partial charge in [-0.2, -0.15) is 0 Å². The predicted molar refractivity (Wildman–Crippen MR) is 126 cm³/mol. The summed E-state index contributed by atoms with van der Waals surface area (Å²) >= 11 is 0. The van der Waals surface area contributed by atoms with Crippen LogP contribution in [-0.4, -0.2) is 42.2 Å². The Morgan fingerprint density at radius 1 is 1.12 bits per heavy atom. The van der Waals surface area contributed by atoms with Crippen LogP contribution in [-0.2, 0) is 22.4 Å². The van der Waals surface area contributed by atoms with Gasteiger partial charge in [0.1, 0.15) is 6.04 Å². The summed E-state index contributed by atoms with van der Waals surface area (Å²) in [6.07, 6.45) is 1.50. The van der Waals surface area contributed by atoms with E-state index in [9.17, 15) is 19.5 Å². The monoisotopic (exact) mass is 464 g/mol. The SMILES string of the molecule is COc1ccc2c(C)c(CC(=O)NC(Cc3c[nH]c4ccccc34)C(=O)O)c(=O)oc2c1OC. The van der Waals surface area contributed by atoms with Crippen LogP contribution in [0.5, 0.6) is 11.5 Å². The number of ether oxygens (including phenoxy) is 2. The number of nitrogens with one attached hydrogen (secondary N) is 2. The standard InChI is InChI=1S/C25H24N2O7/c1-13-15-8-9-20(32-2)23(33-3)22(15)34-25(31)17(13)11-21(28)27-19(24(29)30)10-14-12-26-18-7-5-4-6-16(14)18/h4-9,12,19,26H,10-11H2,1-3H3,(H,27,28)(H,29,30). The van der Waals surface area contributed by atoms with Crippen molar-refractivity contribution >= 4 is 33.7 Å². The molecule has 2 aromatic heterocycles. The molecule has 4 rings (SSSR count). The van der Waals surface area contributed by atoms with E-state index in [2.05, 4.69) is 10.3 Å². The molecule has 0 aliphatic heterocycles. The number of methoxy groups -OCH3 is 2. The molecule has 1 unspecified atom stereocenters. The molecule has 34 heavy (non-hydrogen) atoms. The zero-order valence-electron chi connectivity index (χ0n) is 18.9. The Labute approximate surface area is 194 Å². The number of para-hydroxylation sites is 1. The van der Waals surface area contributed by atoms with Gasteiger partial charge in [0, 0.05) is 28.9 Å². The van der Waals surface area contributed by atoms with E-state index in [4.69, 9.17) is 13.9 Å². The second-order valence-corrected chi connectivity index (χ2v) is 7.87. The molecule has 0 saturated carbocycles. The smallest absolute Gasteiger partial charge is 0.340 e. The van der Waals surface area contributed by atoms with Gasteiger partial charge in [-0.1, -0.05) is 18.2 Å². The lowest BCUT2D eigenvalue weighted by atomic mass is 10.0. The Bertz CT molecular complexity index is 1450. The first-order valence-corrected chi connectivity index (χ1v) is 10.6. The molecule has 0 radical (unpaired) electrons. The summed E-state index contributed by atoms with van der Waals surface area (Å²) in [6, 6.07) is 9.74. The third-order valence-corrected chi connectivity index (χ3v) is 5.87. The topological polar surface area (TPSA) is 131 Å². The molecule has 9 nitrogen and oxygen atoms in total. The molecule has 4 aromatic rings. The maximum Gasteiger partial charge on any atom is 0.340 e. The highest BCUT2D eigenvalue weighted by Gasteiger charge is 2.24. The number of carboxylic acid groups (broad SMARTS) is 1. The molecule has 0 fully saturated rings. The maximum absolute atomic E-state index is 12.8. The number of H-pyrrole nitrogens is 1. The molecule has 1 atom stereocenters. The Kier molecular flexibility index (Phi) is 6.27. The fraction of sp³-hybridized carbons (Fsp3) is 0.240. The molecule has 0 spiro atoms. The van der Waals surface area contributed by atoms with Gasteiger partial charge >= 0.3 is 11.6 Å². The summed E-state index contributed by atoms with van der Waals surface area (Å²) in [6.45, 7) is 1.70. The van der Waals surface area contributed by atoms with E-state index in [1.54, 1.807) is 25.3 Å². The molecule has 0 saturated heterocycles. The average molecular weight is 464 g/mol. The Hall–Kier alpha value is -4.27. The van der Waals surface area contributed by atoms with Crippen LogP contribution in [0.4, 0.5) is 0 Å². The first-order chi connectivity index (χ1) is 16.3. The zero-order chi connectivity index (χ0) is 24.4. The third kappa shape index (κ3) is 4.19. The number of carbonyl (C=O) groups excluding carboxylic acids is 1. The van der Waals surface area contributed by atoms with Gasteiger partial charge in [-0.05, 0) is 36.2 Å². The normalized spacial score (nSPS) is 12.0. The molecule has 0 aliphatic carbocycles. The van der Waals surface area contributed by atoms with Gasteiger partial charge in [-0.25, -0.2) is 9.59 Å². The molecule has 1 amide bonds. The summed E-state index contributed by atoms with van der Waals surface area (Å²) in [5, 5.41) is 13.7. The minimum absolute atomic E-state index is 0.0907. The number of hydrogen-bond acceptors (Lipinski definition) is 6. The summed E-state index contributed by atoms with van der Waals surface area (Å²) in [4.78, 5) is 40.4. The first kappa shape index (κ1) is 22.9. The second kappa shape index (κ2) is 9.30. The highest BCUT2D eigenvalue weighted by Crippen LogP contribution is 2.36. The van der Waals surface area contributed by atoms with Crippen molar-refractivity contribution in [3.63, 3.8) is 0 Å². The summed E-state index contributed by atoms with van der Waals surface area (Å²) in [7, 11) is 2.91. The lowest BCUT2D eigenvalue weighted by Gasteiger charge is -2.15. The fourth-order valence-electron chi connectivity index (χ4n) is 4.10. The third-order valence-electron chi connectivity index (χ3n) is 5.87. The number of aryl methyl sites for hydroxylation is 1. The van der Waals surface area contributed by atoms with Crippen molar-refractivity contribution in [1.82, 2.24) is 10.3 Å². The van der Waals surface area contributed by atoms with Crippen molar-refractivity contribution < 1.29 is 28.6 Å². The number of aromatic nitrogens is 1. The lowest BCUT2D eigenvalue weighted by Crippen LogP contribution is -2.43. The van der Waals surface area contributed by atoms with Crippen LogP contribution >= 0.6 is 0 Å². The number of aromatic amines is 1. The summed E-state index contributed by atoms with van der Waals surface area (Å²) < 4.78 is 16.0. The van der Waals surface area contributed by atoms with Gasteiger partial charge in [0.25, 0.3) is 0 Å². The van der Waals surface area contributed by atoms with Crippen LogP contribution in [0.25, 0.3) is 21.9 Å². The second-order valence-electron chi connectivity index (χ2n) is 7.87. The van der Waals surface area contributed by atoms with Gasteiger partial charge in [-0.15, -0.1) is 0 Å². The fourth-order valence-corrected chi connectivity index (χ4v) is 4.10. The number of amides is 1. The number of rotatable bonds is 8. The predicted octanol–water partition coefficient (Wildman–Crippen LogP) is 2.95. The van der Waals surface area contributed by atoms with Crippen molar-refractivity contribution in [1.29, 1.82) is 0 Å². The number of carboxylic acids is 1. The van der Waals surface area contributed by atoms with E-state index in [0.717, 1.165) is 16.5 Å². The molecule has 3 N–H and O–H groups in total. The highest BCUT2D eigenvalue weighted by atomic mass is 16.5. The zero-order valence-corrected chi connectivity index (χ0v) is 18.9. The molecular formula is C25H24N2O7. The van der Waals surface area contributed by atoms with Crippen LogP contribution in [0.3, 0.4) is 0 Å². The van der Waals surface area contributed by atoms with Gasteiger partial charge in [0.05, 0.1) is 26.2 Å². The minimum atomic E-state index is -1.17. The van der Waals surface area contributed by atoms with E-state index in [0.29, 0.717) is 16.7 Å². The van der Waals surface area contributed by atoms with Crippen LogP contribution in [0.1, 0.15) is 16.7 Å². The van der Waals surface area contributed by atoms with Crippen LogP contribution in [0, 0.1) is 6.92 Å². The Morgan fingerprint density at radius 3 is 2.59 bits per heavy atom. The van der Waals surface area contributed by atoms with Crippen molar-refractivity contribution in [3.05, 3.63) is 69.7 Å². The van der Waals surface area contributed by atoms with E-state index in [1.807, 2.05) is 24.3 Å². The summed E-state index contributed by atoms with van der Waals surface area (Å²) in [5.41, 5.74) is 1.86. The van der Waals surface area contributed by atoms with E-state index in [-0.39, 0.29) is 29.7 Å². The summed E-state index contributed by atoms with van der Waals surface area (Å²) in [5.74, 6) is -1.08. The van der Waals surface area contributed by atoms with Crippen molar-refractivity contribution in [2.24, 2.45) is 0 Å². The largest absolute Gasteiger partial charge is 0.493 e. The minimum Gasteiger partial charge on any atom is -0.493 e. The lowest BCUT2D eigenvalue weighted by molar-refractivity contribution is -0.141. The van der Waals surface area contributed by atoms with Crippen molar-refractivity contribution in [2.75, 3.05) is 14.2 Å². The maximum atomic E-state index is 12.8. The molecule has 9 heteroatoms. The number of aliphatic carboxylic acids is 1. The molecule has 0 bridgehead atoms. The number of carbonyl (C=O) groups is 2. The van der Waals surface area contributed by atoms with Crippen molar-refractivity contribution in [3.8, 4) is 11.5 Å². The van der Waals surface area contributed by atoms with Crippen LogP contribution in [0.15, 0.2) is 51.8 Å². The number of hydrogen-bond donors (Lipinski definition) is 3. The molecular weight excluding hydrogens is 440 g/mol. The quantitative estimate of drug-likeness (QED) is 0.342. The van der Waals surface area contributed by atoms with Crippen LogP contribution < -0.4 is 20.4 Å². The molecule has 0 aliphatic rings. The Morgan fingerprint density at radius 2 is 1.88 bits per heavy atom. The molecule has 2 aromatic carbocycles. The molecule has 2 heterocycles. The number of fused-ring (bicyclic) bond motifs is 2. The first-order valence-electron chi connectivity index (χ1n) is 10.6. The molecule has 176 valence electrons. The van der Waals surface area contributed by atoms with Gasteiger partial charge in [-0.3, -0.25) is 4.79 Å². The average Bonchev–Trinajstić information content (AvgIpc) is 3.23. The van der Waals surface area contributed by atoms with Crippen molar-refractivity contribution in [2.45, 2.75) is 25.8 Å². The van der Waals surface area contributed by atoms with E-state index >= 15 is 0 Å².